The Morgan fingerprint density at radius 2 is 2.11 bits per heavy atom. The predicted octanol–water partition coefficient (Wildman–Crippen LogP) is 2.09. The number of nitrogens with zero attached hydrogens (tertiary/aromatic N) is 1. The highest BCUT2D eigenvalue weighted by Crippen LogP contribution is 2.16. The van der Waals surface area contributed by atoms with Gasteiger partial charge in [0.1, 0.15) is 6.61 Å². The molecule has 0 unspecified atom stereocenters. The first kappa shape index (κ1) is 13.1. The van der Waals surface area contributed by atoms with Gasteiger partial charge in [-0.15, -0.1) is 0 Å². The second-order valence-electron chi connectivity index (χ2n) is 3.98. The summed E-state index contributed by atoms with van der Waals surface area (Å²) in [5, 5.41) is 6.63. The Kier molecular flexibility index (Phi) is 4.55. The lowest BCUT2D eigenvalue weighted by atomic mass is 10.2. The Morgan fingerprint density at radius 3 is 2.84 bits per heavy atom. The van der Waals surface area contributed by atoms with Gasteiger partial charge < -0.3 is 9.47 Å². The van der Waals surface area contributed by atoms with Crippen LogP contribution in [0.1, 0.15) is 18.1 Å². The molecule has 0 amide bonds. The Morgan fingerprint density at radius 1 is 1.32 bits per heavy atom. The number of carbonyl (C=O) groups excluding carboxylic acids is 1. The van der Waals surface area contributed by atoms with Gasteiger partial charge >= 0.3 is 5.97 Å². The molecule has 1 N–H and O–H groups in total. The number of H-pyrrole nitrogens is 1. The third-order valence-electron chi connectivity index (χ3n) is 2.54. The minimum atomic E-state index is -0.284. The molecule has 1 aromatic heterocycles. The van der Waals surface area contributed by atoms with Gasteiger partial charge in [0.2, 0.25) is 5.88 Å². The number of aromatic amines is 1. The molecular weight excluding hydrogens is 244 g/mol. The second-order valence-corrected chi connectivity index (χ2v) is 3.98. The van der Waals surface area contributed by atoms with E-state index in [1.807, 2.05) is 30.3 Å². The van der Waals surface area contributed by atoms with Crippen LogP contribution in [0.25, 0.3) is 0 Å². The van der Waals surface area contributed by atoms with E-state index in [0.29, 0.717) is 24.7 Å². The van der Waals surface area contributed by atoms with Gasteiger partial charge in [-0.25, -0.2) is 5.10 Å². The van der Waals surface area contributed by atoms with Gasteiger partial charge in [0.05, 0.1) is 19.2 Å². The van der Waals surface area contributed by atoms with Crippen LogP contribution in [0.4, 0.5) is 0 Å². The van der Waals surface area contributed by atoms with Crippen molar-refractivity contribution in [2.75, 3.05) is 6.61 Å². The van der Waals surface area contributed by atoms with E-state index >= 15 is 0 Å². The quantitative estimate of drug-likeness (QED) is 0.808. The molecule has 0 aliphatic rings. The fraction of sp³-hybridized carbons (Fsp3) is 0.286. The molecule has 5 heteroatoms. The van der Waals surface area contributed by atoms with Gasteiger partial charge in [-0.2, -0.15) is 5.10 Å². The molecule has 0 atom stereocenters. The van der Waals surface area contributed by atoms with E-state index in [1.165, 1.54) is 0 Å². The summed E-state index contributed by atoms with van der Waals surface area (Å²) in [6.07, 6.45) is 1.74. The Bertz CT molecular complexity index is 522. The maximum Gasteiger partial charge on any atom is 0.310 e. The van der Waals surface area contributed by atoms with Crippen molar-refractivity contribution < 1.29 is 14.3 Å². The van der Waals surface area contributed by atoms with Crippen molar-refractivity contribution in [3.05, 3.63) is 47.7 Å². The fourth-order valence-corrected chi connectivity index (χ4v) is 1.65. The molecule has 0 radical (unpaired) electrons. The van der Waals surface area contributed by atoms with E-state index in [1.54, 1.807) is 13.1 Å². The highest BCUT2D eigenvalue weighted by Gasteiger charge is 2.12. The normalized spacial score (nSPS) is 10.2. The zero-order valence-corrected chi connectivity index (χ0v) is 10.8. The summed E-state index contributed by atoms with van der Waals surface area (Å²) in [5.74, 6) is 0.227. The minimum Gasteiger partial charge on any atom is -0.473 e. The second kappa shape index (κ2) is 6.58. The van der Waals surface area contributed by atoms with Crippen molar-refractivity contribution in [1.82, 2.24) is 10.2 Å². The van der Waals surface area contributed by atoms with Gasteiger partial charge in [0.25, 0.3) is 0 Å². The lowest BCUT2D eigenvalue weighted by Crippen LogP contribution is -2.08. The number of esters is 1. The SMILES string of the molecule is CCOC(=O)Cc1cn[nH]c1OCc1ccccc1. The van der Waals surface area contributed by atoms with Crippen molar-refractivity contribution in [2.24, 2.45) is 0 Å². The molecule has 5 nitrogen and oxygen atoms in total. The van der Waals surface area contributed by atoms with E-state index in [0.717, 1.165) is 5.56 Å². The zero-order valence-electron chi connectivity index (χ0n) is 10.8. The molecule has 0 fully saturated rings. The van der Waals surface area contributed by atoms with Crippen LogP contribution in [-0.2, 0) is 22.6 Å². The number of hydrogen-bond donors (Lipinski definition) is 1. The summed E-state index contributed by atoms with van der Waals surface area (Å²) in [6, 6.07) is 9.80. The topological polar surface area (TPSA) is 64.2 Å². The van der Waals surface area contributed by atoms with E-state index in [-0.39, 0.29) is 12.4 Å². The van der Waals surface area contributed by atoms with Crippen LogP contribution in [0.15, 0.2) is 36.5 Å². The lowest BCUT2D eigenvalue weighted by molar-refractivity contribution is -0.142. The molecule has 0 saturated heterocycles. The third kappa shape index (κ3) is 3.84. The van der Waals surface area contributed by atoms with Gasteiger partial charge in [0.15, 0.2) is 0 Å². The zero-order chi connectivity index (χ0) is 13.5. The Hall–Kier alpha value is -2.30. The van der Waals surface area contributed by atoms with Gasteiger partial charge in [-0.3, -0.25) is 4.79 Å². The van der Waals surface area contributed by atoms with E-state index < -0.39 is 0 Å². The molecule has 0 aliphatic carbocycles. The molecule has 1 aromatic carbocycles. The van der Waals surface area contributed by atoms with Crippen LogP contribution in [0.2, 0.25) is 0 Å². The monoisotopic (exact) mass is 260 g/mol. The van der Waals surface area contributed by atoms with Gasteiger partial charge in [0, 0.05) is 5.56 Å². The van der Waals surface area contributed by atoms with Gasteiger partial charge in [-0.05, 0) is 12.5 Å². The van der Waals surface area contributed by atoms with Crippen LogP contribution in [0.5, 0.6) is 5.88 Å². The average molecular weight is 260 g/mol. The molecule has 0 aliphatic heterocycles. The number of carbonyl (C=O) groups is 1. The first-order valence-corrected chi connectivity index (χ1v) is 6.14. The molecule has 0 saturated carbocycles. The maximum absolute atomic E-state index is 11.4. The standard InChI is InChI=1S/C14H16N2O3/c1-2-18-13(17)8-12-9-15-16-14(12)19-10-11-6-4-3-5-7-11/h3-7,9H,2,8,10H2,1H3,(H,15,16). The van der Waals surface area contributed by atoms with Crippen molar-refractivity contribution in [2.45, 2.75) is 20.0 Å². The summed E-state index contributed by atoms with van der Waals surface area (Å²) in [4.78, 5) is 11.4. The number of benzene rings is 1. The van der Waals surface area contributed by atoms with Crippen molar-refractivity contribution in [3.8, 4) is 5.88 Å². The first-order valence-electron chi connectivity index (χ1n) is 6.14. The minimum absolute atomic E-state index is 0.161. The predicted molar refractivity (Wildman–Crippen MR) is 69.7 cm³/mol. The first-order chi connectivity index (χ1) is 9.29. The van der Waals surface area contributed by atoms with E-state index in [4.69, 9.17) is 9.47 Å². The molecule has 0 spiro atoms. The summed E-state index contributed by atoms with van der Waals surface area (Å²) in [5.41, 5.74) is 1.76. The van der Waals surface area contributed by atoms with Crippen LogP contribution in [0.3, 0.4) is 0 Å². The highest BCUT2D eigenvalue weighted by atomic mass is 16.5. The molecular formula is C14H16N2O3. The molecule has 100 valence electrons. The third-order valence-corrected chi connectivity index (χ3v) is 2.54. The van der Waals surface area contributed by atoms with E-state index in [9.17, 15) is 4.79 Å². The van der Waals surface area contributed by atoms with Gasteiger partial charge in [-0.1, -0.05) is 30.3 Å². The molecule has 0 bridgehead atoms. The van der Waals surface area contributed by atoms with Crippen molar-refractivity contribution in [1.29, 1.82) is 0 Å². The highest BCUT2D eigenvalue weighted by molar-refractivity contribution is 5.73. The fourth-order valence-electron chi connectivity index (χ4n) is 1.65. The Labute approximate surface area is 111 Å². The maximum atomic E-state index is 11.4. The molecule has 19 heavy (non-hydrogen) atoms. The summed E-state index contributed by atoms with van der Waals surface area (Å²) in [7, 11) is 0. The van der Waals surface area contributed by atoms with Crippen LogP contribution in [0, 0.1) is 0 Å². The molecule has 2 aromatic rings. The van der Waals surface area contributed by atoms with E-state index in [2.05, 4.69) is 10.2 Å². The Balaban J connectivity index is 1.94. The lowest BCUT2D eigenvalue weighted by Gasteiger charge is -2.06. The summed E-state index contributed by atoms with van der Waals surface area (Å²) >= 11 is 0. The summed E-state index contributed by atoms with van der Waals surface area (Å²) in [6.45, 7) is 2.58. The summed E-state index contributed by atoms with van der Waals surface area (Å²) < 4.78 is 10.5. The van der Waals surface area contributed by atoms with Crippen LogP contribution < -0.4 is 4.74 Å². The number of ether oxygens (including phenoxy) is 2. The largest absolute Gasteiger partial charge is 0.473 e. The average Bonchev–Trinajstić information content (AvgIpc) is 2.85. The number of rotatable bonds is 6. The smallest absolute Gasteiger partial charge is 0.310 e. The number of aromatic nitrogens is 2. The molecule has 1 heterocycles. The number of nitrogens with one attached hydrogen (secondary N) is 1. The molecule has 2 rings (SSSR count). The van der Waals surface area contributed by atoms with Crippen molar-refractivity contribution >= 4 is 5.97 Å². The van der Waals surface area contributed by atoms with Crippen LogP contribution >= 0.6 is 0 Å². The van der Waals surface area contributed by atoms with Crippen molar-refractivity contribution in [3.63, 3.8) is 0 Å². The number of hydrogen-bond acceptors (Lipinski definition) is 4. The van der Waals surface area contributed by atoms with Crippen LogP contribution in [-0.4, -0.2) is 22.8 Å².